The number of rotatable bonds is 6. The minimum Gasteiger partial charge on any atom is -0.452 e. The average Bonchev–Trinajstić information content (AvgIpc) is 2.59. The smallest absolute Gasteiger partial charge is 0.331 e. The summed E-state index contributed by atoms with van der Waals surface area (Å²) in [6, 6.07) is 13.4. The summed E-state index contributed by atoms with van der Waals surface area (Å²) >= 11 is 3.44. The Bertz CT molecular complexity index is 799. The highest BCUT2D eigenvalue weighted by atomic mass is 79.9. The second-order valence-corrected chi connectivity index (χ2v) is 6.38. The van der Waals surface area contributed by atoms with Crippen molar-refractivity contribution in [3.8, 4) is 0 Å². The lowest BCUT2D eigenvalue weighted by molar-refractivity contribution is -0.142. The number of carbonyl (C=O) groups excluding carboxylic acids is 2. The van der Waals surface area contributed by atoms with Crippen LogP contribution in [0.25, 0.3) is 6.08 Å². The number of benzene rings is 2. The van der Waals surface area contributed by atoms with Crippen molar-refractivity contribution in [2.24, 2.45) is 0 Å². The molecular weight excluding hydrogens is 382 g/mol. The van der Waals surface area contributed by atoms with Gasteiger partial charge >= 0.3 is 5.97 Å². The van der Waals surface area contributed by atoms with Gasteiger partial charge in [-0.25, -0.2) is 4.79 Å². The van der Waals surface area contributed by atoms with E-state index in [1.54, 1.807) is 6.08 Å². The SMILES string of the molecule is CCc1ccccc1NC(=O)COC(=O)/C=C/c1ccc(C)cc1Br. The number of esters is 1. The van der Waals surface area contributed by atoms with E-state index in [1.807, 2.05) is 56.3 Å². The first-order chi connectivity index (χ1) is 12.0. The van der Waals surface area contributed by atoms with Crippen LogP contribution in [0.3, 0.4) is 0 Å². The lowest BCUT2D eigenvalue weighted by Crippen LogP contribution is -2.20. The Morgan fingerprint density at radius 1 is 1.20 bits per heavy atom. The molecule has 0 aliphatic heterocycles. The van der Waals surface area contributed by atoms with Gasteiger partial charge in [-0.2, -0.15) is 0 Å². The van der Waals surface area contributed by atoms with Gasteiger partial charge in [-0.3, -0.25) is 4.79 Å². The zero-order valence-electron chi connectivity index (χ0n) is 14.2. The summed E-state index contributed by atoms with van der Waals surface area (Å²) < 4.78 is 5.88. The number of para-hydroxylation sites is 1. The van der Waals surface area contributed by atoms with E-state index in [0.717, 1.165) is 33.3 Å². The van der Waals surface area contributed by atoms with Crippen molar-refractivity contribution < 1.29 is 14.3 Å². The molecule has 2 aromatic rings. The number of hydrogen-bond donors (Lipinski definition) is 1. The van der Waals surface area contributed by atoms with Crippen LogP contribution in [-0.4, -0.2) is 18.5 Å². The van der Waals surface area contributed by atoms with Crippen LogP contribution in [0.4, 0.5) is 5.69 Å². The molecule has 0 saturated carbocycles. The van der Waals surface area contributed by atoms with Gasteiger partial charge in [-0.1, -0.05) is 53.2 Å². The Balaban J connectivity index is 1.87. The van der Waals surface area contributed by atoms with Crippen LogP contribution in [0, 0.1) is 6.92 Å². The highest BCUT2D eigenvalue weighted by molar-refractivity contribution is 9.10. The largest absolute Gasteiger partial charge is 0.452 e. The van der Waals surface area contributed by atoms with Crippen molar-refractivity contribution in [2.75, 3.05) is 11.9 Å². The van der Waals surface area contributed by atoms with Gasteiger partial charge in [-0.05, 0) is 48.2 Å². The Kier molecular flexibility index (Phi) is 6.95. The number of ether oxygens (including phenoxy) is 1. The lowest BCUT2D eigenvalue weighted by atomic mass is 10.1. The molecule has 0 aliphatic rings. The Labute approximate surface area is 156 Å². The Morgan fingerprint density at radius 3 is 2.68 bits per heavy atom. The Hall–Kier alpha value is -2.40. The first kappa shape index (κ1) is 18.9. The summed E-state index contributed by atoms with van der Waals surface area (Å²) in [7, 11) is 0. The standard InChI is InChI=1S/C20H20BrNO3/c1-3-15-6-4-5-7-18(15)22-19(23)13-25-20(24)11-10-16-9-8-14(2)12-17(16)21/h4-12H,3,13H2,1-2H3,(H,22,23)/b11-10+. The molecule has 0 bridgehead atoms. The second kappa shape index (κ2) is 9.18. The molecule has 25 heavy (non-hydrogen) atoms. The third-order valence-corrected chi connectivity index (χ3v) is 4.26. The molecule has 0 spiro atoms. The zero-order valence-corrected chi connectivity index (χ0v) is 15.8. The summed E-state index contributed by atoms with van der Waals surface area (Å²) in [5.74, 6) is -0.925. The quantitative estimate of drug-likeness (QED) is 0.571. The zero-order chi connectivity index (χ0) is 18.2. The number of halogens is 1. The number of aryl methyl sites for hydroxylation is 2. The number of hydrogen-bond acceptors (Lipinski definition) is 3. The second-order valence-electron chi connectivity index (χ2n) is 5.52. The molecule has 0 unspecified atom stereocenters. The van der Waals surface area contributed by atoms with Crippen molar-refractivity contribution >= 4 is 39.6 Å². The molecule has 4 nitrogen and oxygen atoms in total. The maximum Gasteiger partial charge on any atom is 0.331 e. The fraction of sp³-hybridized carbons (Fsp3) is 0.200. The van der Waals surface area contributed by atoms with Crippen LogP contribution in [0.15, 0.2) is 53.0 Å². The average molecular weight is 402 g/mol. The molecule has 0 aromatic heterocycles. The van der Waals surface area contributed by atoms with Gasteiger partial charge in [0.25, 0.3) is 5.91 Å². The van der Waals surface area contributed by atoms with Gasteiger partial charge in [-0.15, -0.1) is 0 Å². The molecule has 1 N–H and O–H groups in total. The van der Waals surface area contributed by atoms with Crippen LogP contribution >= 0.6 is 15.9 Å². The minimum absolute atomic E-state index is 0.323. The number of amides is 1. The van der Waals surface area contributed by atoms with Crippen molar-refractivity contribution in [3.05, 3.63) is 69.7 Å². The molecule has 0 fully saturated rings. The van der Waals surface area contributed by atoms with Crippen LogP contribution in [0.1, 0.15) is 23.6 Å². The van der Waals surface area contributed by atoms with Crippen molar-refractivity contribution in [3.63, 3.8) is 0 Å². The van der Waals surface area contributed by atoms with E-state index >= 15 is 0 Å². The Morgan fingerprint density at radius 2 is 1.96 bits per heavy atom. The maximum absolute atomic E-state index is 11.9. The van der Waals surface area contributed by atoms with Gasteiger partial charge in [0.1, 0.15) is 0 Å². The minimum atomic E-state index is -0.564. The molecule has 2 rings (SSSR count). The molecule has 0 radical (unpaired) electrons. The molecular formula is C20H20BrNO3. The van der Waals surface area contributed by atoms with Gasteiger partial charge in [0, 0.05) is 16.2 Å². The first-order valence-electron chi connectivity index (χ1n) is 7.98. The molecule has 2 aromatic carbocycles. The molecule has 0 heterocycles. The summed E-state index contributed by atoms with van der Waals surface area (Å²) in [6.45, 7) is 3.68. The third kappa shape index (κ3) is 5.87. The van der Waals surface area contributed by atoms with Crippen molar-refractivity contribution in [1.29, 1.82) is 0 Å². The lowest BCUT2D eigenvalue weighted by Gasteiger charge is -2.09. The van der Waals surface area contributed by atoms with E-state index in [0.29, 0.717) is 0 Å². The summed E-state index contributed by atoms with van der Waals surface area (Å²) in [6.07, 6.45) is 3.77. The topological polar surface area (TPSA) is 55.4 Å². The van der Waals surface area contributed by atoms with Gasteiger partial charge in [0.15, 0.2) is 6.61 Å². The molecule has 130 valence electrons. The number of carbonyl (C=O) groups is 2. The molecule has 0 aliphatic carbocycles. The van der Waals surface area contributed by atoms with Crippen LogP contribution in [0.2, 0.25) is 0 Å². The van der Waals surface area contributed by atoms with E-state index in [-0.39, 0.29) is 12.5 Å². The van der Waals surface area contributed by atoms with Crippen molar-refractivity contribution in [2.45, 2.75) is 20.3 Å². The fourth-order valence-corrected chi connectivity index (χ4v) is 2.87. The van der Waals surface area contributed by atoms with Gasteiger partial charge < -0.3 is 10.1 Å². The monoisotopic (exact) mass is 401 g/mol. The number of nitrogens with one attached hydrogen (secondary N) is 1. The van der Waals surface area contributed by atoms with E-state index in [9.17, 15) is 9.59 Å². The molecule has 1 amide bonds. The predicted octanol–water partition coefficient (Wildman–Crippen LogP) is 4.52. The third-order valence-electron chi connectivity index (χ3n) is 3.57. The highest BCUT2D eigenvalue weighted by Gasteiger charge is 2.08. The molecule has 0 atom stereocenters. The van der Waals surface area contributed by atoms with Crippen LogP contribution in [-0.2, 0) is 20.7 Å². The summed E-state index contributed by atoms with van der Waals surface area (Å²) in [4.78, 5) is 23.7. The van der Waals surface area contributed by atoms with E-state index < -0.39 is 5.97 Å². The maximum atomic E-state index is 11.9. The van der Waals surface area contributed by atoms with Gasteiger partial charge in [0.05, 0.1) is 0 Å². The van der Waals surface area contributed by atoms with Crippen LogP contribution in [0.5, 0.6) is 0 Å². The van der Waals surface area contributed by atoms with E-state index in [2.05, 4.69) is 21.2 Å². The normalized spacial score (nSPS) is 10.7. The first-order valence-corrected chi connectivity index (χ1v) is 8.77. The molecule has 0 saturated heterocycles. The number of anilines is 1. The summed E-state index contributed by atoms with van der Waals surface area (Å²) in [5.41, 5.74) is 3.76. The van der Waals surface area contributed by atoms with Crippen molar-refractivity contribution in [1.82, 2.24) is 0 Å². The van der Waals surface area contributed by atoms with Crippen LogP contribution < -0.4 is 5.32 Å². The van der Waals surface area contributed by atoms with Gasteiger partial charge in [0.2, 0.25) is 0 Å². The summed E-state index contributed by atoms with van der Waals surface area (Å²) in [5, 5.41) is 2.76. The fourth-order valence-electron chi connectivity index (χ4n) is 2.25. The van der Waals surface area contributed by atoms with E-state index in [1.165, 1.54) is 6.08 Å². The predicted molar refractivity (Wildman–Crippen MR) is 103 cm³/mol. The highest BCUT2D eigenvalue weighted by Crippen LogP contribution is 2.19. The molecule has 5 heteroatoms. The van der Waals surface area contributed by atoms with E-state index in [4.69, 9.17) is 4.74 Å².